The van der Waals surface area contributed by atoms with Crippen molar-refractivity contribution < 1.29 is 34.4 Å². The molecular weight excluding hydrogens is 244 g/mol. The van der Waals surface area contributed by atoms with Crippen LogP contribution >= 0.6 is 0 Å². The number of phenolic OH excluding ortho intramolecular Hbond substituents is 3. The minimum atomic E-state index is -1.15. The molecule has 0 aliphatic heterocycles. The summed E-state index contributed by atoms with van der Waals surface area (Å²) in [6, 6.07) is 1.64. The standard InChI is InChI=1S/C11H10O7/c1-5(12)2-9(15)18-11(17)6-3-7(13)10(16)8(14)4-6/h3-4,13-14,16H,2H2,1H3. The number of carbonyl (C=O) groups is 3. The van der Waals surface area contributed by atoms with Crippen LogP contribution in [0.15, 0.2) is 12.1 Å². The normalized spacial score (nSPS) is 9.83. The van der Waals surface area contributed by atoms with E-state index in [4.69, 9.17) is 15.3 Å². The van der Waals surface area contributed by atoms with Crippen molar-refractivity contribution in [3.05, 3.63) is 17.7 Å². The van der Waals surface area contributed by atoms with Crippen molar-refractivity contribution in [2.45, 2.75) is 13.3 Å². The molecule has 0 aliphatic carbocycles. The summed E-state index contributed by atoms with van der Waals surface area (Å²) in [5, 5.41) is 27.4. The fourth-order valence-corrected chi connectivity index (χ4v) is 1.12. The topological polar surface area (TPSA) is 121 Å². The molecule has 0 atom stereocenters. The van der Waals surface area contributed by atoms with Crippen LogP contribution in [0, 0.1) is 0 Å². The Bertz CT molecular complexity index is 495. The van der Waals surface area contributed by atoms with Crippen LogP contribution in [0.5, 0.6) is 17.2 Å². The van der Waals surface area contributed by atoms with Crippen LogP contribution < -0.4 is 0 Å². The third-order valence-corrected chi connectivity index (χ3v) is 1.91. The van der Waals surface area contributed by atoms with Crippen LogP contribution in [0.2, 0.25) is 0 Å². The molecule has 0 saturated heterocycles. The first-order valence-corrected chi connectivity index (χ1v) is 4.80. The second-order valence-corrected chi connectivity index (χ2v) is 3.50. The number of carbonyl (C=O) groups excluding carboxylic acids is 3. The highest BCUT2D eigenvalue weighted by Gasteiger charge is 2.18. The van der Waals surface area contributed by atoms with E-state index in [9.17, 15) is 14.4 Å². The van der Waals surface area contributed by atoms with E-state index in [1.807, 2.05) is 0 Å². The smallest absolute Gasteiger partial charge is 0.346 e. The van der Waals surface area contributed by atoms with Crippen LogP contribution in [-0.2, 0) is 14.3 Å². The lowest BCUT2D eigenvalue weighted by Crippen LogP contribution is -2.14. The van der Waals surface area contributed by atoms with E-state index in [0.29, 0.717) is 0 Å². The average molecular weight is 254 g/mol. The first kappa shape index (κ1) is 13.5. The lowest BCUT2D eigenvalue weighted by Gasteiger charge is -2.05. The fraction of sp³-hybridized carbons (Fsp3) is 0.182. The van der Waals surface area contributed by atoms with Gasteiger partial charge in [-0.3, -0.25) is 9.59 Å². The summed E-state index contributed by atoms with van der Waals surface area (Å²) in [5.41, 5.74) is -0.334. The van der Waals surface area contributed by atoms with Gasteiger partial charge in [0, 0.05) is 0 Å². The maximum absolute atomic E-state index is 11.4. The van der Waals surface area contributed by atoms with Crippen molar-refractivity contribution in [2.24, 2.45) is 0 Å². The molecule has 7 nitrogen and oxygen atoms in total. The number of Topliss-reactive ketones (excluding diaryl/α,β-unsaturated/α-hetero) is 1. The number of aromatic hydroxyl groups is 3. The van der Waals surface area contributed by atoms with Crippen molar-refractivity contribution in [1.29, 1.82) is 0 Å². The van der Waals surface area contributed by atoms with Gasteiger partial charge in [-0.2, -0.15) is 0 Å². The minimum Gasteiger partial charge on any atom is -0.504 e. The summed E-state index contributed by atoms with van der Waals surface area (Å²) < 4.78 is 4.29. The fourth-order valence-electron chi connectivity index (χ4n) is 1.12. The van der Waals surface area contributed by atoms with Crippen molar-refractivity contribution in [2.75, 3.05) is 0 Å². The van der Waals surface area contributed by atoms with Crippen molar-refractivity contribution in [1.82, 2.24) is 0 Å². The Kier molecular flexibility index (Phi) is 3.88. The van der Waals surface area contributed by atoms with Gasteiger partial charge < -0.3 is 20.1 Å². The van der Waals surface area contributed by atoms with Crippen molar-refractivity contribution >= 4 is 17.7 Å². The van der Waals surface area contributed by atoms with Gasteiger partial charge in [0.25, 0.3) is 0 Å². The number of hydrogen-bond donors (Lipinski definition) is 3. The number of hydrogen-bond acceptors (Lipinski definition) is 7. The Morgan fingerprint density at radius 2 is 1.61 bits per heavy atom. The lowest BCUT2D eigenvalue weighted by molar-refractivity contribution is -0.140. The Labute approximate surface area is 101 Å². The molecule has 96 valence electrons. The van der Waals surface area contributed by atoms with Gasteiger partial charge in [0.15, 0.2) is 17.2 Å². The highest BCUT2D eigenvalue weighted by molar-refractivity contribution is 6.02. The molecule has 0 fully saturated rings. The molecule has 0 bridgehead atoms. The van der Waals surface area contributed by atoms with Gasteiger partial charge >= 0.3 is 11.9 Å². The number of benzene rings is 1. The van der Waals surface area contributed by atoms with Gasteiger partial charge in [-0.25, -0.2) is 4.79 Å². The first-order chi connectivity index (χ1) is 8.31. The zero-order valence-electron chi connectivity index (χ0n) is 9.34. The zero-order valence-corrected chi connectivity index (χ0v) is 9.34. The molecule has 0 aliphatic rings. The van der Waals surface area contributed by atoms with E-state index in [2.05, 4.69) is 4.74 Å². The predicted molar refractivity (Wildman–Crippen MR) is 57.2 cm³/mol. The molecule has 0 amide bonds. The largest absolute Gasteiger partial charge is 0.504 e. The highest BCUT2D eigenvalue weighted by Crippen LogP contribution is 2.35. The van der Waals surface area contributed by atoms with Gasteiger partial charge in [-0.15, -0.1) is 0 Å². The summed E-state index contributed by atoms with van der Waals surface area (Å²) in [6.07, 6.45) is -0.554. The third kappa shape index (κ3) is 3.21. The minimum absolute atomic E-state index is 0.334. The molecule has 0 spiro atoms. The SMILES string of the molecule is CC(=O)CC(=O)OC(=O)c1cc(O)c(O)c(O)c1. The van der Waals surface area contributed by atoms with E-state index < -0.39 is 41.4 Å². The van der Waals surface area contributed by atoms with Gasteiger partial charge in [0.2, 0.25) is 0 Å². The number of rotatable bonds is 3. The van der Waals surface area contributed by atoms with Crippen LogP contribution in [0.3, 0.4) is 0 Å². The maximum atomic E-state index is 11.4. The Morgan fingerprint density at radius 3 is 2.06 bits per heavy atom. The summed E-state index contributed by atoms with van der Waals surface area (Å²) in [6.45, 7) is 1.16. The number of ketones is 1. The van der Waals surface area contributed by atoms with E-state index >= 15 is 0 Å². The monoisotopic (exact) mass is 254 g/mol. The van der Waals surface area contributed by atoms with Gasteiger partial charge in [-0.05, 0) is 19.1 Å². The maximum Gasteiger partial charge on any atom is 0.346 e. The predicted octanol–water partition coefficient (Wildman–Crippen LogP) is 0.466. The molecule has 7 heteroatoms. The average Bonchev–Trinajstić information content (AvgIpc) is 2.23. The second kappa shape index (κ2) is 5.17. The second-order valence-electron chi connectivity index (χ2n) is 3.50. The number of ether oxygens (including phenoxy) is 1. The molecule has 0 radical (unpaired) electrons. The Balaban J connectivity index is 2.85. The number of phenols is 3. The Morgan fingerprint density at radius 1 is 1.11 bits per heavy atom. The summed E-state index contributed by atoms with van der Waals surface area (Å²) in [5.74, 6) is -4.92. The molecule has 1 aromatic carbocycles. The molecule has 3 N–H and O–H groups in total. The van der Waals surface area contributed by atoms with Crippen LogP contribution in [0.1, 0.15) is 23.7 Å². The van der Waals surface area contributed by atoms with Gasteiger partial charge in [0.05, 0.1) is 5.56 Å². The zero-order chi connectivity index (χ0) is 13.9. The molecule has 0 heterocycles. The summed E-state index contributed by atoms with van der Waals surface area (Å²) in [4.78, 5) is 33.0. The summed E-state index contributed by atoms with van der Waals surface area (Å²) in [7, 11) is 0. The van der Waals surface area contributed by atoms with E-state index in [1.165, 1.54) is 0 Å². The molecule has 1 aromatic rings. The molecule has 0 aromatic heterocycles. The third-order valence-electron chi connectivity index (χ3n) is 1.91. The quantitative estimate of drug-likeness (QED) is 0.407. The van der Waals surface area contributed by atoms with E-state index in [0.717, 1.165) is 19.1 Å². The van der Waals surface area contributed by atoms with Crippen LogP contribution in [-0.4, -0.2) is 33.0 Å². The molecule has 1 rings (SSSR count). The molecular formula is C11H10O7. The Hall–Kier alpha value is -2.57. The number of esters is 2. The van der Waals surface area contributed by atoms with Crippen molar-refractivity contribution in [3.8, 4) is 17.2 Å². The molecule has 0 saturated carbocycles. The lowest BCUT2D eigenvalue weighted by atomic mass is 10.2. The van der Waals surface area contributed by atoms with Crippen molar-refractivity contribution in [3.63, 3.8) is 0 Å². The van der Waals surface area contributed by atoms with Gasteiger partial charge in [-0.1, -0.05) is 0 Å². The first-order valence-electron chi connectivity index (χ1n) is 4.80. The van der Waals surface area contributed by atoms with Crippen LogP contribution in [0.4, 0.5) is 0 Å². The summed E-state index contributed by atoms with van der Waals surface area (Å²) >= 11 is 0. The van der Waals surface area contributed by atoms with Gasteiger partial charge in [0.1, 0.15) is 12.2 Å². The van der Waals surface area contributed by atoms with Crippen LogP contribution in [0.25, 0.3) is 0 Å². The molecule has 18 heavy (non-hydrogen) atoms. The van der Waals surface area contributed by atoms with E-state index in [-0.39, 0.29) is 5.56 Å². The highest BCUT2D eigenvalue weighted by atomic mass is 16.6. The molecule has 0 unspecified atom stereocenters. The van der Waals surface area contributed by atoms with E-state index in [1.54, 1.807) is 0 Å².